The van der Waals surface area contributed by atoms with Crippen LogP contribution in [-0.4, -0.2) is 112 Å². The van der Waals surface area contributed by atoms with Crippen LogP contribution in [0.25, 0.3) is 11.0 Å². The minimum Gasteiger partial charge on any atom is -0.455 e. The van der Waals surface area contributed by atoms with Gasteiger partial charge in [0, 0.05) is 101 Å². The Balaban J connectivity index is 0.900. The number of rotatable bonds is 12. The van der Waals surface area contributed by atoms with E-state index >= 15 is 0 Å². The predicted molar refractivity (Wildman–Crippen MR) is 235 cm³/mol. The summed E-state index contributed by atoms with van der Waals surface area (Å²) in [6, 6.07) is 22.4. The highest BCUT2D eigenvalue weighted by molar-refractivity contribution is 7.90. The number of sulfonamides is 1. The molecule has 9 rings (SSSR count). The van der Waals surface area contributed by atoms with E-state index in [9.17, 15) is 18.0 Å². The third-order valence-electron chi connectivity index (χ3n) is 12.7. The SMILES string of the molecule is Cc1cc(S(=O)(=O)NC(=O)c2ccc(N3CCN(C[C@@H]4Cc5ccccc5CN4C(=O)C4CCNC4)CC3)cc2Oc2cnc3[nH]ccc3c2)ccc1NCC1CCOCC1. The molecule has 0 spiro atoms. The van der Waals surface area contributed by atoms with E-state index in [1.165, 1.54) is 17.2 Å². The first-order chi connectivity index (χ1) is 29.7. The van der Waals surface area contributed by atoms with Gasteiger partial charge in [-0.15, -0.1) is 0 Å². The Hall–Kier alpha value is -5.48. The van der Waals surface area contributed by atoms with Gasteiger partial charge >= 0.3 is 0 Å². The summed E-state index contributed by atoms with van der Waals surface area (Å²) in [5.41, 5.74) is 5.79. The Labute approximate surface area is 357 Å². The first-order valence-electron chi connectivity index (χ1n) is 21.5. The van der Waals surface area contributed by atoms with Gasteiger partial charge in [0.1, 0.15) is 17.1 Å². The van der Waals surface area contributed by atoms with Gasteiger partial charge in [-0.3, -0.25) is 14.5 Å². The van der Waals surface area contributed by atoms with E-state index in [1.54, 1.807) is 36.7 Å². The topological polar surface area (TPSA) is 161 Å². The van der Waals surface area contributed by atoms with Crippen molar-refractivity contribution >= 4 is 44.2 Å². The molecule has 3 fully saturated rings. The van der Waals surface area contributed by atoms with E-state index in [0.29, 0.717) is 23.9 Å². The van der Waals surface area contributed by atoms with Crippen molar-refractivity contribution < 1.29 is 27.5 Å². The average molecular weight is 847 g/mol. The van der Waals surface area contributed by atoms with Gasteiger partial charge < -0.3 is 34.9 Å². The van der Waals surface area contributed by atoms with Crippen molar-refractivity contribution in [2.24, 2.45) is 11.8 Å². The van der Waals surface area contributed by atoms with Gasteiger partial charge in [0.15, 0.2) is 0 Å². The third kappa shape index (κ3) is 9.25. The van der Waals surface area contributed by atoms with Crippen molar-refractivity contribution in [1.29, 1.82) is 0 Å². The van der Waals surface area contributed by atoms with E-state index in [1.807, 2.05) is 25.1 Å². The highest BCUT2D eigenvalue weighted by atomic mass is 32.2. The Morgan fingerprint density at radius 3 is 2.56 bits per heavy atom. The molecular weight excluding hydrogens is 793 g/mol. The van der Waals surface area contributed by atoms with E-state index in [0.717, 1.165) is 114 Å². The van der Waals surface area contributed by atoms with Crippen LogP contribution in [0, 0.1) is 18.8 Å². The standard InChI is InChI=1S/C46H54N8O6S/c1-31-22-40(7-9-42(31)49-26-32-12-20-59-21-13-32)61(57,58)51-45(55)41-8-6-37(25-43(41)60-39-24-34-11-15-48-44(34)50-28-39)53-18-16-52(17-19-53)30-38-23-33-4-2-3-5-36(33)29-54(38)46(56)35-10-14-47-27-35/h2-9,11,15,22,24-25,28,32,35,38,47,49H,10,12-14,16-21,23,26-27,29-30H2,1H3,(H,48,50)(H,51,55)/t35?,38-/m0/s1. The van der Waals surface area contributed by atoms with Crippen LogP contribution in [0.3, 0.4) is 0 Å². The summed E-state index contributed by atoms with van der Waals surface area (Å²) in [6.07, 6.45) is 7.06. The van der Waals surface area contributed by atoms with Crippen LogP contribution in [0.2, 0.25) is 0 Å². The number of aromatic amines is 1. The molecule has 2 amide bonds. The molecular formula is C46H54N8O6S. The van der Waals surface area contributed by atoms with E-state index < -0.39 is 15.9 Å². The third-order valence-corrected chi connectivity index (χ3v) is 14.1. The second-order valence-corrected chi connectivity index (χ2v) is 18.5. The van der Waals surface area contributed by atoms with Crippen molar-refractivity contribution in [1.82, 2.24) is 29.8 Å². The van der Waals surface area contributed by atoms with Crippen LogP contribution < -0.4 is 25.0 Å². The summed E-state index contributed by atoms with van der Waals surface area (Å²) >= 11 is 0. The fraction of sp³-hybridized carbons (Fsp3) is 0.413. The number of hydrogen-bond acceptors (Lipinski definition) is 11. The maximum absolute atomic E-state index is 13.9. The number of fused-ring (bicyclic) bond motifs is 2. The smallest absolute Gasteiger partial charge is 0.268 e. The molecule has 6 heterocycles. The lowest BCUT2D eigenvalue weighted by molar-refractivity contribution is -0.139. The predicted octanol–water partition coefficient (Wildman–Crippen LogP) is 5.31. The van der Waals surface area contributed by atoms with E-state index in [-0.39, 0.29) is 34.1 Å². The molecule has 0 saturated carbocycles. The molecule has 2 atom stereocenters. The van der Waals surface area contributed by atoms with Crippen LogP contribution in [0.15, 0.2) is 90.1 Å². The maximum Gasteiger partial charge on any atom is 0.268 e. The summed E-state index contributed by atoms with van der Waals surface area (Å²) in [6.45, 7) is 10.2. The number of nitrogens with one attached hydrogen (secondary N) is 4. The number of nitrogens with zero attached hydrogens (tertiary/aromatic N) is 4. The summed E-state index contributed by atoms with van der Waals surface area (Å²) in [4.78, 5) is 42.1. The number of anilines is 2. The van der Waals surface area contributed by atoms with Gasteiger partial charge in [0.25, 0.3) is 15.9 Å². The quantitative estimate of drug-likeness (QED) is 0.129. The number of pyridine rings is 1. The van der Waals surface area contributed by atoms with Crippen molar-refractivity contribution in [3.05, 3.63) is 107 Å². The number of hydrogen-bond donors (Lipinski definition) is 4. The van der Waals surface area contributed by atoms with Crippen LogP contribution >= 0.6 is 0 Å². The second-order valence-electron chi connectivity index (χ2n) is 16.8. The van der Waals surface area contributed by atoms with Crippen molar-refractivity contribution in [2.45, 2.75) is 50.1 Å². The van der Waals surface area contributed by atoms with E-state index in [2.05, 4.69) is 64.3 Å². The molecule has 4 N–H and O–H groups in total. The van der Waals surface area contributed by atoms with Crippen molar-refractivity contribution in [3.63, 3.8) is 0 Å². The molecule has 5 aromatic rings. The molecule has 0 radical (unpaired) electrons. The zero-order chi connectivity index (χ0) is 41.9. The zero-order valence-corrected chi connectivity index (χ0v) is 35.4. The number of aromatic nitrogens is 2. The number of aryl methyl sites for hydroxylation is 1. The lowest BCUT2D eigenvalue weighted by Crippen LogP contribution is -2.55. The number of piperazine rings is 1. The van der Waals surface area contributed by atoms with Crippen LogP contribution in [0.4, 0.5) is 11.4 Å². The largest absolute Gasteiger partial charge is 0.455 e. The molecule has 3 aromatic carbocycles. The molecule has 3 saturated heterocycles. The highest BCUT2D eigenvalue weighted by Gasteiger charge is 2.36. The summed E-state index contributed by atoms with van der Waals surface area (Å²) < 4.78 is 41.5. The minimum atomic E-state index is -4.23. The molecule has 320 valence electrons. The van der Waals surface area contributed by atoms with Gasteiger partial charge in [-0.25, -0.2) is 18.1 Å². The molecule has 0 bridgehead atoms. The van der Waals surface area contributed by atoms with Crippen LogP contribution in [0.5, 0.6) is 11.5 Å². The van der Waals surface area contributed by atoms with Crippen LogP contribution in [-0.2, 0) is 32.5 Å². The first-order valence-corrected chi connectivity index (χ1v) is 22.9. The molecule has 1 unspecified atom stereocenters. The number of ether oxygens (including phenoxy) is 2. The molecule has 4 aliphatic rings. The fourth-order valence-corrected chi connectivity index (χ4v) is 10.2. The first kappa shape index (κ1) is 40.9. The number of carbonyl (C=O) groups excluding carboxylic acids is 2. The number of H-pyrrole nitrogens is 1. The molecule has 15 heteroatoms. The Kier molecular flexibility index (Phi) is 12.0. The Morgan fingerprint density at radius 1 is 0.951 bits per heavy atom. The van der Waals surface area contributed by atoms with Crippen molar-refractivity contribution in [2.75, 3.05) is 75.8 Å². The van der Waals surface area contributed by atoms with Gasteiger partial charge in [-0.05, 0) is 104 Å². The summed E-state index contributed by atoms with van der Waals surface area (Å²) in [5, 5.41) is 7.65. The summed E-state index contributed by atoms with van der Waals surface area (Å²) in [5.74, 6) is 0.593. The lowest BCUT2D eigenvalue weighted by Gasteiger charge is -2.43. The molecule has 0 aliphatic carbocycles. The lowest BCUT2D eigenvalue weighted by atomic mass is 9.92. The maximum atomic E-state index is 13.9. The monoisotopic (exact) mass is 846 g/mol. The molecule has 2 aromatic heterocycles. The molecule has 14 nitrogen and oxygen atoms in total. The summed E-state index contributed by atoms with van der Waals surface area (Å²) in [7, 11) is -4.23. The number of benzene rings is 3. The second kappa shape index (κ2) is 17.9. The van der Waals surface area contributed by atoms with Gasteiger partial charge in [0.05, 0.1) is 22.6 Å². The van der Waals surface area contributed by atoms with Crippen molar-refractivity contribution in [3.8, 4) is 11.5 Å². The Morgan fingerprint density at radius 2 is 1.77 bits per heavy atom. The average Bonchev–Trinajstić information content (AvgIpc) is 3.99. The number of amides is 2. The molecule has 61 heavy (non-hydrogen) atoms. The van der Waals surface area contributed by atoms with Gasteiger partial charge in [0.2, 0.25) is 5.91 Å². The highest BCUT2D eigenvalue weighted by Crippen LogP contribution is 2.33. The van der Waals surface area contributed by atoms with Gasteiger partial charge in [-0.1, -0.05) is 24.3 Å². The number of carbonyl (C=O) groups is 2. The van der Waals surface area contributed by atoms with Crippen LogP contribution in [0.1, 0.15) is 46.3 Å². The Bertz CT molecular complexity index is 2490. The van der Waals surface area contributed by atoms with Gasteiger partial charge in [-0.2, -0.15) is 0 Å². The zero-order valence-electron chi connectivity index (χ0n) is 34.6. The normalized spacial score (nSPS) is 20.1. The fourth-order valence-electron chi connectivity index (χ4n) is 9.12. The van der Waals surface area contributed by atoms with E-state index in [4.69, 9.17) is 9.47 Å². The minimum absolute atomic E-state index is 0.00509. The molecule has 4 aliphatic heterocycles.